The first-order valence-corrected chi connectivity index (χ1v) is 11.0. The highest BCUT2D eigenvalue weighted by molar-refractivity contribution is 5.91. The van der Waals surface area contributed by atoms with Crippen LogP contribution in [0.1, 0.15) is 54.4 Å². The number of likely N-dealkylation sites (tertiary alicyclic amines) is 2. The SMILES string of the molecule is COC1C(=O)N(C(C)C)C1C1CCN(C(=O)c2ccc(Cn3nc(C)cc3C)o2)CC1. The molecule has 0 radical (unpaired) electrons. The average Bonchev–Trinajstić information content (AvgIpc) is 3.32. The van der Waals surface area contributed by atoms with Crippen molar-refractivity contribution >= 4 is 11.8 Å². The largest absolute Gasteiger partial charge is 0.454 e. The number of carbonyl (C=O) groups is 2. The van der Waals surface area contributed by atoms with E-state index in [1.807, 2.05) is 54.3 Å². The van der Waals surface area contributed by atoms with Gasteiger partial charge >= 0.3 is 0 Å². The first-order valence-electron chi connectivity index (χ1n) is 11.0. The van der Waals surface area contributed by atoms with Gasteiger partial charge in [0.1, 0.15) is 5.76 Å². The minimum atomic E-state index is -0.350. The summed E-state index contributed by atoms with van der Waals surface area (Å²) in [5.41, 5.74) is 2.02. The van der Waals surface area contributed by atoms with Crippen LogP contribution in [0.5, 0.6) is 0 Å². The number of ether oxygens (including phenoxy) is 1. The zero-order chi connectivity index (χ0) is 22.3. The smallest absolute Gasteiger partial charge is 0.289 e. The quantitative estimate of drug-likeness (QED) is 0.661. The van der Waals surface area contributed by atoms with Crippen LogP contribution in [-0.2, 0) is 16.1 Å². The third-order valence-electron chi connectivity index (χ3n) is 6.53. The summed E-state index contributed by atoms with van der Waals surface area (Å²) in [4.78, 5) is 29.1. The monoisotopic (exact) mass is 428 g/mol. The van der Waals surface area contributed by atoms with Gasteiger partial charge in [0.05, 0.1) is 18.3 Å². The van der Waals surface area contributed by atoms with Crippen LogP contribution in [0.3, 0.4) is 0 Å². The fourth-order valence-corrected chi connectivity index (χ4v) is 4.98. The average molecular weight is 429 g/mol. The summed E-state index contributed by atoms with van der Waals surface area (Å²) in [6, 6.07) is 5.88. The van der Waals surface area contributed by atoms with Gasteiger partial charge in [0, 0.05) is 31.9 Å². The van der Waals surface area contributed by atoms with Crippen molar-refractivity contribution in [3.05, 3.63) is 41.1 Å². The number of carbonyl (C=O) groups excluding carboxylic acids is 2. The van der Waals surface area contributed by atoms with Crippen LogP contribution < -0.4 is 0 Å². The van der Waals surface area contributed by atoms with E-state index in [2.05, 4.69) is 5.10 Å². The first kappa shape index (κ1) is 21.6. The molecule has 2 aromatic heterocycles. The molecule has 31 heavy (non-hydrogen) atoms. The van der Waals surface area contributed by atoms with Crippen molar-refractivity contribution < 1.29 is 18.7 Å². The Kier molecular flexibility index (Phi) is 5.92. The minimum absolute atomic E-state index is 0.0757. The van der Waals surface area contributed by atoms with E-state index in [0.29, 0.717) is 37.1 Å². The molecule has 2 unspecified atom stereocenters. The van der Waals surface area contributed by atoms with Crippen molar-refractivity contribution in [2.75, 3.05) is 20.2 Å². The van der Waals surface area contributed by atoms with E-state index < -0.39 is 0 Å². The fraction of sp³-hybridized carbons (Fsp3) is 0.609. The number of hydrogen-bond donors (Lipinski definition) is 0. The van der Waals surface area contributed by atoms with Crippen molar-refractivity contribution in [3.8, 4) is 0 Å². The Morgan fingerprint density at radius 3 is 2.55 bits per heavy atom. The minimum Gasteiger partial charge on any atom is -0.454 e. The van der Waals surface area contributed by atoms with E-state index in [1.165, 1.54) is 0 Å². The van der Waals surface area contributed by atoms with E-state index in [0.717, 1.165) is 24.2 Å². The number of aryl methyl sites for hydroxylation is 2. The van der Waals surface area contributed by atoms with Gasteiger partial charge in [0.25, 0.3) is 11.8 Å². The van der Waals surface area contributed by atoms with Gasteiger partial charge in [-0.1, -0.05) is 0 Å². The number of rotatable bonds is 6. The molecule has 0 bridgehead atoms. The number of aromatic nitrogens is 2. The number of piperidine rings is 1. The Labute approximate surface area is 183 Å². The van der Waals surface area contributed by atoms with Crippen molar-refractivity contribution in [1.29, 1.82) is 0 Å². The lowest BCUT2D eigenvalue weighted by atomic mass is 9.79. The molecule has 2 atom stereocenters. The van der Waals surface area contributed by atoms with Crippen molar-refractivity contribution in [1.82, 2.24) is 19.6 Å². The van der Waals surface area contributed by atoms with Crippen molar-refractivity contribution in [2.45, 2.75) is 65.3 Å². The highest BCUT2D eigenvalue weighted by atomic mass is 16.5. The second kappa shape index (κ2) is 8.49. The molecule has 0 aliphatic carbocycles. The van der Waals surface area contributed by atoms with E-state index >= 15 is 0 Å². The Hall–Kier alpha value is -2.61. The molecule has 2 fully saturated rings. The predicted octanol–water partition coefficient (Wildman–Crippen LogP) is 2.63. The summed E-state index contributed by atoms with van der Waals surface area (Å²) < 4.78 is 13.2. The molecular formula is C23H32N4O4. The molecule has 2 aliphatic rings. The summed E-state index contributed by atoms with van der Waals surface area (Å²) >= 11 is 0. The molecule has 8 nitrogen and oxygen atoms in total. The third-order valence-corrected chi connectivity index (χ3v) is 6.53. The molecule has 2 saturated heterocycles. The van der Waals surface area contributed by atoms with Crippen molar-refractivity contribution in [3.63, 3.8) is 0 Å². The lowest BCUT2D eigenvalue weighted by Crippen LogP contribution is -2.70. The van der Waals surface area contributed by atoms with Crippen LogP contribution in [0.25, 0.3) is 0 Å². The summed E-state index contributed by atoms with van der Waals surface area (Å²) in [7, 11) is 1.60. The second-order valence-corrected chi connectivity index (χ2v) is 8.97. The maximum atomic E-state index is 13.0. The summed E-state index contributed by atoms with van der Waals surface area (Å²) in [6.45, 7) is 9.86. The van der Waals surface area contributed by atoms with Gasteiger partial charge in [-0.3, -0.25) is 14.3 Å². The Morgan fingerprint density at radius 1 is 1.26 bits per heavy atom. The Morgan fingerprint density at radius 2 is 1.97 bits per heavy atom. The molecule has 0 saturated carbocycles. The molecule has 2 aliphatic heterocycles. The number of β-lactam (4-membered cyclic amide) rings is 1. The maximum absolute atomic E-state index is 13.0. The molecule has 2 aromatic rings. The van der Waals surface area contributed by atoms with Gasteiger partial charge in [-0.05, 0) is 64.7 Å². The Balaban J connectivity index is 1.36. The zero-order valence-electron chi connectivity index (χ0n) is 19.0. The number of amides is 2. The number of hydrogen-bond acceptors (Lipinski definition) is 5. The third kappa shape index (κ3) is 4.01. The van der Waals surface area contributed by atoms with Crippen LogP contribution in [0.4, 0.5) is 0 Å². The van der Waals surface area contributed by atoms with Crippen LogP contribution >= 0.6 is 0 Å². The van der Waals surface area contributed by atoms with Gasteiger partial charge < -0.3 is 19.0 Å². The van der Waals surface area contributed by atoms with E-state index in [9.17, 15) is 9.59 Å². The topological polar surface area (TPSA) is 80.8 Å². The summed E-state index contributed by atoms with van der Waals surface area (Å²) in [6.07, 6.45) is 1.36. The summed E-state index contributed by atoms with van der Waals surface area (Å²) in [5, 5.41) is 4.45. The molecule has 8 heteroatoms. The van der Waals surface area contributed by atoms with E-state index in [4.69, 9.17) is 9.15 Å². The lowest BCUT2D eigenvalue weighted by Gasteiger charge is -2.53. The van der Waals surface area contributed by atoms with Crippen molar-refractivity contribution in [2.24, 2.45) is 5.92 Å². The molecule has 4 rings (SSSR count). The maximum Gasteiger partial charge on any atom is 0.289 e. The predicted molar refractivity (Wildman–Crippen MR) is 115 cm³/mol. The lowest BCUT2D eigenvalue weighted by molar-refractivity contribution is -0.181. The van der Waals surface area contributed by atoms with E-state index in [-0.39, 0.29) is 30.0 Å². The summed E-state index contributed by atoms with van der Waals surface area (Å²) in [5.74, 6) is 1.42. The fourth-order valence-electron chi connectivity index (χ4n) is 4.98. The van der Waals surface area contributed by atoms with E-state index in [1.54, 1.807) is 13.2 Å². The number of furan rings is 1. The molecule has 0 aromatic carbocycles. The van der Waals surface area contributed by atoms with Gasteiger partial charge in [-0.25, -0.2) is 0 Å². The highest BCUT2D eigenvalue weighted by Crippen LogP contribution is 2.36. The van der Waals surface area contributed by atoms with Gasteiger partial charge in [0.15, 0.2) is 11.9 Å². The standard InChI is InChI=1S/C23H32N4O4/c1-14(2)27-20(21(30-5)23(27)29)17-8-10-25(11-9-17)22(28)19-7-6-18(31-19)13-26-16(4)12-15(3)24-26/h6-7,12,14,17,20-21H,8-11,13H2,1-5H3. The van der Waals surface area contributed by atoms with Crippen LogP contribution in [0, 0.1) is 19.8 Å². The number of methoxy groups -OCH3 is 1. The normalized spacial score (nSPS) is 22.3. The first-order chi connectivity index (χ1) is 14.8. The second-order valence-electron chi connectivity index (χ2n) is 8.97. The van der Waals surface area contributed by atoms with Gasteiger partial charge in [0.2, 0.25) is 0 Å². The van der Waals surface area contributed by atoms with Gasteiger partial charge in [-0.2, -0.15) is 5.10 Å². The molecular weight excluding hydrogens is 396 g/mol. The molecule has 0 spiro atoms. The molecule has 0 N–H and O–H groups in total. The van der Waals surface area contributed by atoms with Gasteiger partial charge in [-0.15, -0.1) is 0 Å². The Bertz CT molecular complexity index is 955. The molecule has 168 valence electrons. The van der Waals surface area contributed by atoms with Crippen LogP contribution in [0.2, 0.25) is 0 Å². The molecule has 4 heterocycles. The van der Waals surface area contributed by atoms with Crippen LogP contribution in [0.15, 0.2) is 22.6 Å². The number of nitrogens with zero attached hydrogens (tertiary/aromatic N) is 4. The van der Waals surface area contributed by atoms with Crippen LogP contribution in [-0.4, -0.2) is 69.8 Å². The highest BCUT2D eigenvalue weighted by Gasteiger charge is 2.52. The zero-order valence-corrected chi connectivity index (χ0v) is 19.0. The molecule has 2 amide bonds.